The Bertz CT molecular complexity index is 977. The molecule has 1 fully saturated rings. The number of nitrogens with one attached hydrogen (secondary N) is 1. The van der Waals surface area contributed by atoms with Gasteiger partial charge in [0.2, 0.25) is 0 Å². The fraction of sp³-hybridized carbons (Fsp3) is 0.500. The highest BCUT2D eigenvalue weighted by atomic mass is 19.1. The van der Waals surface area contributed by atoms with Crippen LogP contribution in [0.3, 0.4) is 0 Å². The number of halogens is 1. The van der Waals surface area contributed by atoms with Crippen LogP contribution in [0.15, 0.2) is 35.8 Å². The quantitative estimate of drug-likeness (QED) is 0.481. The van der Waals surface area contributed by atoms with Crippen molar-refractivity contribution in [3.05, 3.63) is 52.7 Å². The molecular weight excluding hydrogens is 383 g/mol. The van der Waals surface area contributed by atoms with Crippen LogP contribution in [0.1, 0.15) is 63.9 Å². The minimum Gasteiger partial charge on any atom is -0.465 e. The second-order valence-corrected chi connectivity index (χ2v) is 7.93. The number of carbonyl (C=O) groups is 1. The van der Waals surface area contributed by atoms with Crippen molar-refractivity contribution in [3.8, 4) is 0 Å². The van der Waals surface area contributed by atoms with Crippen LogP contribution in [0.4, 0.5) is 10.1 Å². The van der Waals surface area contributed by atoms with Crippen molar-refractivity contribution >= 4 is 22.4 Å². The van der Waals surface area contributed by atoms with Crippen molar-refractivity contribution in [2.24, 2.45) is 0 Å². The first-order chi connectivity index (χ1) is 14.5. The first-order valence-corrected chi connectivity index (χ1v) is 10.9. The first kappa shape index (κ1) is 22.1. The Morgan fingerprint density at radius 2 is 2.03 bits per heavy atom. The standard InChI is InChI=1S/C24H31FN2O3/c1-4-16(5-2)20-14-27(15-23(28)30-6-3)24(29)19-12-21(25)22(13-18(19)20)26-17-10-8-7-9-11-17/h4,12-14,16-17,26H,1,5-11,15H2,2-3H3. The van der Waals surface area contributed by atoms with E-state index < -0.39 is 17.3 Å². The van der Waals surface area contributed by atoms with Gasteiger partial charge in [-0.05, 0) is 49.3 Å². The molecule has 0 spiro atoms. The van der Waals surface area contributed by atoms with Crippen LogP contribution in [0.5, 0.6) is 0 Å². The van der Waals surface area contributed by atoms with Crippen molar-refractivity contribution in [1.82, 2.24) is 4.57 Å². The number of benzene rings is 1. The molecule has 3 rings (SSSR count). The molecule has 0 amide bonds. The Hall–Kier alpha value is -2.63. The normalized spacial score (nSPS) is 15.7. The number of anilines is 1. The van der Waals surface area contributed by atoms with Crippen molar-refractivity contribution in [3.63, 3.8) is 0 Å². The molecule has 2 aromatic rings. The van der Waals surface area contributed by atoms with E-state index in [1.54, 1.807) is 19.2 Å². The summed E-state index contributed by atoms with van der Waals surface area (Å²) in [5.41, 5.74) is 0.888. The average Bonchev–Trinajstić information content (AvgIpc) is 2.74. The zero-order valence-corrected chi connectivity index (χ0v) is 17.9. The van der Waals surface area contributed by atoms with Crippen molar-refractivity contribution in [2.75, 3.05) is 11.9 Å². The van der Waals surface area contributed by atoms with Crippen LogP contribution in [0, 0.1) is 5.82 Å². The zero-order chi connectivity index (χ0) is 21.7. The van der Waals surface area contributed by atoms with Crippen molar-refractivity contribution in [1.29, 1.82) is 0 Å². The summed E-state index contributed by atoms with van der Waals surface area (Å²) in [4.78, 5) is 25.0. The summed E-state index contributed by atoms with van der Waals surface area (Å²) < 4.78 is 21.2. The number of nitrogens with zero attached hydrogens (tertiary/aromatic N) is 1. The third-order valence-corrected chi connectivity index (χ3v) is 5.90. The molecule has 5 nitrogen and oxygen atoms in total. The van der Waals surface area contributed by atoms with E-state index in [0.717, 1.165) is 37.7 Å². The molecule has 1 aromatic carbocycles. The van der Waals surface area contributed by atoms with E-state index in [1.165, 1.54) is 17.1 Å². The number of hydrogen-bond donors (Lipinski definition) is 1. The minimum atomic E-state index is -0.493. The van der Waals surface area contributed by atoms with Gasteiger partial charge in [0.25, 0.3) is 5.56 Å². The molecule has 0 bridgehead atoms. The Morgan fingerprint density at radius 1 is 1.30 bits per heavy atom. The highest BCUT2D eigenvalue weighted by molar-refractivity contribution is 5.89. The molecule has 30 heavy (non-hydrogen) atoms. The summed E-state index contributed by atoms with van der Waals surface area (Å²) >= 11 is 0. The Kier molecular flexibility index (Phi) is 7.29. The molecule has 0 saturated heterocycles. The monoisotopic (exact) mass is 414 g/mol. The van der Waals surface area contributed by atoms with Crippen LogP contribution in [0.25, 0.3) is 10.8 Å². The molecule has 1 heterocycles. The maximum Gasteiger partial charge on any atom is 0.326 e. The Balaban J connectivity index is 2.11. The highest BCUT2D eigenvalue weighted by Gasteiger charge is 2.20. The molecule has 0 aliphatic heterocycles. The third-order valence-electron chi connectivity index (χ3n) is 5.90. The van der Waals surface area contributed by atoms with E-state index in [2.05, 4.69) is 11.9 Å². The molecule has 1 aromatic heterocycles. The Labute approximate surface area is 176 Å². The van der Waals surface area contributed by atoms with Crippen LogP contribution in [-0.2, 0) is 16.1 Å². The summed E-state index contributed by atoms with van der Waals surface area (Å²) in [6.45, 7) is 7.71. The first-order valence-electron chi connectivity index (χ1n) is 10.9. The van der Waals surface area contributed by atoms with E-state index in [1.807, 2.05) is 13.0 Å². The maximum absolute atomic E-state index is 14.9. The molecule has 1 aliphatic carbocycles. The number of aromatic nitrogens is 1. The number of pyridine rings is 1. The average molecular weight is 415 g/mol. The van der Waals surface area contributed by atoms with Gasteiger partial charge in [0.05, 0.1) is 17.7 Å². The fourth-order valence-corrected chi connectivity index (χ4v) is 4.29. The van der Waals surface area contributed by atoms with Gasteiger partial charge in [0.1, 0.15) is 12.4 Å². The number of ether oxygens (including phenoxy) is 1. The molecule has 1 N–H and O–H groups in total. The number of esters is 1. The largest absolute Gasteiger partial charge is 0.465 e. The predicted octanol–water partition coefficient (Wildman–Crippen LogP) is 5.13. The summed E-state index contributed by atoms with van der Waals surface area (Å²) in [7, 11) is 0. The molecule has 1 aliphatic rings. The third kappa shape index (κ3) is 4.74. The number of fused-ring (bicyclic) bond motifs is 1. The van der Waals surface area contributed by atoms with E-state index in [4.69, 9.17) is 4.74 Å². The number of hydrogen-bond acceptors (Lipinski definition) is 4. The fourth-order valence-electron chi connectivity index (χ4n) is 4.29. The van der Waals surface area contributed by atoms with Gasteiger partial charge in [0, 0.05) is 18.2 Å². The summed E-state index contributed by atoms with van der Waals surface area (Å²) in [5.74, 6) is -0.959. The number of rotatable bonds is 8. The molecule has 0 radical (unpaired) electrons. The Morgan fingerprint density at radius 3 is 2.67 bits per heavy atom. The molecule has 162 valence electrons. The van der Waals surface area contributed by atoms with Gasteiger partial charge in [-0.1, -0.05) is 32.3 Å². The van der Waals surface area contributed by atoms with Gasteiger partial charge in [-0.3, -0.25) is 9.59 Å². The minimum absolute atomic E-state index is 0.0189. The van der Waals surface area contributed by atoms with Crippen molar-refractivity contribution < 1.29 is 13.9 Å². The number of carbonyl (C=O) groups excluding carboxylic acids is 1. The van der Waals surface area contributed by atoms with E-state index in [0.29, 0.717) is 11.1 Å². The van der Waals surface area contributed by atoms with Crippen molar-refractivity contribution in [2.45, 2.75) is 70.9 Å². The van der Waals surface area contributed by atoms with Crippen LogP contribution in [-0.4, -0.2) is 23.2 Å². The predicted molar refractivity (Wildman–Crippen MR) is 119 cm³/mol. The second-order valence-electron chi connectivity index (χ2n) is 7.93. The SMILES string of the molecule is C=CC(CC)c1cn(CC(=O)OCC)c(=O)c2cc(F)c(NC3CCCCC3)cc12. The smallest absolute Gasteiger partial charge is 0.326 e. The lowest BCUT2D eigenvalue weighted by Gasteiger charge is -2.25. The number of allylic oxidation sites excluding steroid dienone is 1. The van der Waals surface area contributed by atoms with Gasteiger partial charge >= 0.3 is 5.97 Å². The molecule has 1 unspecified atom stereocenters. The van der Waals surface area contributed by atoms with Gasteiger partial charge in [-0.15, -0.1) is 6.58 Å². The molecular formula is C24H31FN2O3. The van der Waals surface area contributed by atoms with Crippen LogP contribution >= 0.6 is 0 Å². The summed E-state index contributed by atoms with van der Waals surface area (Å²) in [6.07, 6.45) is 9.85. The topological polar surface area (TPSA) is 60.3 Å². The second kappa shape index (κ2) is 9.92. The van der Waals surface area contributed by atoms with Crippen LogP contribution < -0.4 is 10.9 Å². The lowest BCUT2D eigenvalue weighted by atomic mass is 9.92. The van der Waals surface area contributed by atoms with E-state index >= 15 is 0 Å². The van der Waals surface area contributed by atoms with E-state index in [-0.39, 0.29) is 30.5 Å². The summed E-state index contributed by atoms with van der Waals surface area (Å²) in [6, 6.07) is 3.29. The van der Waals surface area contributed by atoms with Gasteiger partial charge in [-0.2, -0.15) is 0 Å². The molecule has 6 heteroatoms. The molecule has 1 atom stereocenters. The van der Waals surface area contributed by atoms with Crippen LogP contribution in [0.2, 0.25) is 0 Å². The summed E-state index contributed by atoms with van der Waals surface area (Å²) in [5, 5.41) is 4.31. The zero-order valence-electron chi connectivity index (χ0n) is 17.9. The highest BCUT2D eigenvalue weighted by Crippen LogP contribution is 2.32. The lowest BCUT2D eigenvalue weighted by molar-refractivity contribution is -0.143. The lowest BCUT2D eigenvalue weighted by Crippen LogP contribution is -2.27. The molecule has 1 saturated carbocycles. The maximum atomic E-state index is 14.9. The van der Waals surface area contributed by atoms with E-state index in [9.17, 15) is 14.0 Å². The van der Waals surface area contributed by atoms with Gasteiger partial charge in [0.15, 0.2) is 0 Å². The van der Waals surface area contributed by atoms with Gasteiger partial charge < -0.3 is 14.6 Å². The van der Waals surface area contributed by atoms with Gasteiger partial charge in [-0.25, -0.2) is 4.39 Å².